The number of aromatic nitrogens is 1. The summed E-state index contributed by atoms with van der Waals surface area (Å²) < 4.78 is 13.5. The van der Waals surface area contributed by atoms with E-state index in [-0.39, 0.29) is 10.8 Å². The maximum Gasteiger partial charge on any atom is 0.167 e. The lowest BCUT2D eigenvalue weighted by molar-refractivity contribution is 0.626. The molecule has 1 aromatic heterocycles. The van der Waals surface area contributed by atoms with E-state index in [0.717, 1.165) is 5.56 Å². The van der Waals surface area contributed by atoms with Crippen molar-refractivity contribution in [2.75, 3.05) is 5.32 Å². The number of rotatable bonds is 2. The summed E-state index contributed by atoms with van der Waals surface area (Å²) in [5.74, 6) is -0.422. The standard InChI is InChI=1S/C12H9Cl2FN2/c1-7-2-3-11(9(14)4-7)17-12-10(15)5-8(13)6-16-12/h2-6H,1H3,(H,16,17). The Morgan fingerprint density at radius 1 is 1.24 bits per heavy atom. The lowest BCUT2D eigenvalue weighted by Gasteiger charge is -2.09. The van der Waals surface area contributed by atoms with Crippen LogP contribution in [0.15, 0.2) is 30.5 Å². The van der Waals surface area contributed by atoms with Gasteiger partial charge >= 0.3 is 0 Å². The Hall–Kier alpha value is -1.32. The van der Waals surface area contributed by atoms with E-state index >= 15 is 0 Å². The first kappa shape index (κ1) is 12.1. The predicted octanol–water partition coefficient (Wildman–Crippen LogP) is 4.58. The van der Waals surface area contributed by atoms with Crippen molar-refractivity contribution in [1.29, 1.82) is 0 Å². The molecule has 0 saturated heterocycles. The number of nitrogens with zero attached hydrogens (tertiary/aromatic N) is 1. The third kappa shape index (κ3) is 2.87. The van der Waals surface area contributed by atoms with Crippen molar-refractivity contribution in [3.8, 4) is 0 Å². The Balaban J connectivity index is 2.31. The second-order valence-corrected chi connectivity index (χ2v) is 4.44. The molecule has 17 heavy (non-hydrogen) atoms. The number of anilines is 2. The number of nitrogens with one attached hydrogen (secondary N) is 1. The van der Waals surface area contributed by atoms with Crippen molar-refractivity contribution in [1.82, 2.24) is 4.98 Å². The maximum atomic E-state index is 13.5. The molecule has 88 valence electrons. The van der Waals surface area contributed by atoms with E-state index in [1.54, 1.807) is 12.1 Å². The number of benzene rings is 1. The Labute approximate surface area is 108 Å². The summed E-state index contributed by atoms with van der Waals surface area (Å²) >= 11 is 11.6. The molecule has 2 rings (SSSR count). The van der Waals surface area contributed by atoms with Crippen LogP contribution >= 0.6 is 23.2 Å². The zero-order valence-electron chi connectivity index (χ0n) is 8.97. The van der Waals surface area contributed by atoms with Crippen molar-refractivity contribution >= 4 is 34.7 Å². The van der Waals surface area contributed by atoms with E-state index in [2.05, 4.69) is 10.3 Å². The summed E-state index contributed by atoms with van der Waals surface area (Å²) in [6.45, 7) is 1.93. The van der Waals surface area contributed by atoms with Gasteiger partial charge in [0.1, 0.15) is 0 Å². The van der Waals surface area contributed by atoms with E-state index < -0.39 is 5.82 Å². The van der Waals surface area contributed by atoms with Crippen LogP contribution < -0.4 is 5.32 Å². The maximum absolute atomic E-state index is 13.5. The molecule has 0 fully saturated rings. The van der Waals surface area contributed by atoms with Crippen LogP contribution in [0.3, 0.4) is 0 Å². The van der Waals surface area contributed by atoms with Crippen molar-refractivity contribution in [3.05, 3.63) is 51.9 Å². The number of aryl methyl sites for hydroxylation is 1. The van der Waals surface area contributed by atoms with Crippen LogP contribution in [0, 0.1) is 12.7 Å². The summed E-state index contributed by atoms with van der Waals surface area (Å²) in [6.07, 6.45) is 1.37. The summed E-state index contributed by atoms with van der Waals surface area (Å²) in [4.78, 5) is 3.86. The average Bonchev–Trinajstić information content (AvgIpc) is 2.25. The molecule has 0 aliphatic carbocycles. The number of halogens is 3. The van der Waals surface area contributed by atoms with Gasteiger partial charge in [-0.3, -0.25) is 0 Å². The van der Waals surface area contributed by atoms with Gasteiger partial charge in [0.2, 0.25) is 0 Å². The van der Waals surface area contributed by atoms with Crippen LogP contribution in [0.25, 0.3) is 0 Å². The highest BCUT2D eigenvalue weighted by molar-refractivity contribution is 6.33. The zero-order valence-corrected chi connectivity index (χ0v) is 10.5. The Kier molecular flexibility index (Phi) is 3.50. The van der Waals surface area contributed by atoms with E-state index in [1.807, 2.05) is 13.0 Å². The fourth-order valence-corrected chi connectivity index (χ4v) is 1.78. The fraction of sp³-hybridized carbons (Fsp3) is 0.0833. The normalized spacial score (nSPS) is 10.4. The molecular weight excluding hydrogens is 262 g/mol. The lowest BCUT2D eigenvalue weighted by Crippen LogP contribution is -1.97. The topological polar surface area (TPSA) is 24.9 Å². The molecule has 2 aromatic rings. The Morgan fingerprint density at radius 2 is 2.00 bits per heavy atom. The van der Waals surface area contributed by atoms with Gasteiger partial charge < -0.3 is 5.32 Å². The van der Waals surface area contributed by atoms with E-state index in [1.165, 1.54) is 12.3 Å². The Bertz CT molecular complexity index is 509. The van der Waals surface area contributed by atoms with Crippen LogP contribution in [0.1, 0.15) is 5.56 Å². The first-order chi connectivity index (χ1) is 8.06. The van der Waals surface area contributed by atoms with Crippen LogP contribution in [0.2, 0.25) is 10.0 Å². The number of pyridine rings is 1. The SMILES string of the molecule is Cc1ccc(Nc2ncc(Cl)cc2F)c(Cl)c1. The average molecular weight is 271 g/mol. The third-order valence-corrected chi connectivity index (χ3v) is 2.70. The highest BCUT2D eigenvalue weighted by Crippen LogP contribution is 2.27. The molecule has 0 spiro atoms. The summed E-state index contributed by atoms with van der Waals surface area (Å²) in [5.41, 5.74) is 1.64. The van der Waals surface area contributed by atoms with Crippen LogP contribution in [0.4, 0.5) is 15.9 Å². The molecule has 1 aromatic carbocycles. The summed E-state index contributed by atoms with van der Waals surface area (Å²) in [6, 6.07) is 6.63. The minimum absolute atomic E-state index is 0.0974. The zero-order chi connectivity index (χ0) is 12.4. The van der Waals surface area contributed by atoms with E-state index in [0.29, 0.717) is 10.7 Å². The predicted molar refractivity (Wildman–Crippen MR) is 68.7 cm³/mol. The second kappa shape index (κ2) is 4.90. The molecule has 1 heterocycles. The van der Waals surface area contributed by atoms with Crippen LogP contribution in [-0.2, 0) is 0 Å². The molecule has 2 nitrogen and oxygen atoms in total. The molecule has 0 aliphatic heterocycles. The molecule has 0 unspecified atom stereocenters. The number of hydrogen-bond donors (Lipinski definition) is 1. The monoisotopic (exact) mass is 270 g/mol. The highest BCUT2D eigenvalue weighted by atomic mass is 35.5. The van der Waals surface area contributed by atoms with Gasteiger partial charge in [0.15, 0.2) is 11.6 Å². The first-order valence-corrected chi connectivity index (χ1v) is 5.66. The van der Waals surface area contributed by atoms with Crippen molar-refractivity contribution in [3.63, 3.8) is 0 Å². The van der Waals surface area contributed by atoms with Gasteiger partial charge in [0, 0.05) is 6.20 Å². The van der Waals surface area contributed by atoms with Gasteiger partial charge in [-0.25, -0.2) is 9.37 Å². The highest BCUT2D eigenvalue weighted by Gasteiger charge is 2.07. The smallest absolute Gasteiger partial charge is 0.167 e. The summed E-state index contributed by atoms with van der Waals surface area (Å²) in [5, 5.41) is 3.59. The van der Waals surface area contributed by atoms with Gasteiger partial charge in [-0.1, -0.05) is 29.3 Å². The van der Waals surface area contributed by atoms with Crippen molar-refractivity contribution in [2.24, 2.45) is 0 Å². The molecule has 0 saturated carbocycles. The quantitative estimate of drug-likeness (QED) is 0.864. The molecule has 1 N–H and O–H groups in total. The lowest BCUT2D eigenvalue weighted by atomic mass is 10.2. The van der Waals surface area contributed by atoms with E-state index in [4.69, 9.17) is 23.2 Å². The van der Waals surface area contributed by atoms with Gasteiger partial charge in [0.05, 0.1) is 15.7 Å². The van der Waals surface area contributed by atoms with Crippen molar-refractivity contribution < 1.29 is 4.39 Å². The third-order valence-electron chi connectivity index (χ3n) is 2.19. The van der Waals surface area contributed by atoms with Crippen LogP contribution in [0.5, 0.6) is 0 Å². The Morgan fingerprint density at radius 3 is 2.65 bits per heavy atom. The van der Waals surface area contributed by atoms with Gasteiger partial charge in [-0.15, -0.1) is 0 Å². The minimum Gasteiger partial charge on any atom is -0.337 e. The van der Waals surface area contributed by atoms with Crippen LogP contribution in [-0.4, -0.2) is 4.98 Å². The van der Waals surface area contributed by atoms with E-state index in [9.17, 15) is 4.39 Å². The molecule has 0 radical (unpaired) electrons. The first-order valence-electron chi connectivity index (χ1n) is 4.90. The molecule has 0 aliphatic rings. The molecule has 5 heteroatoms. The van der Waals surface area contributed by atoms with Gasteiger partial charge in [0.25, 0.3) is 0 Å². The molecule has 0 atom stereocenters. The van der Waals surface area contributed by atoms with Crippen molar-refractivity contribution in [2.45, 2.75) is 6.92 Å². The summed E-state index contributed by atoms with van der Waals surface area (Å²) in [7, 11) is 0. The fourth-order valence-electron chi connectivity index (χ4n) is 1.36. The van der Waals surface area contributed by atoms with Gasteiger partial charge in [-0.2, -0.15) is 0 Å². The molecule has 0 bridgehead atoms. The second-order valence-electron chi connectivity index (χ2n) is 3.59. The number of hydrogen-bond acceptors (Lipinski definition) is 2. The minimum atomic E-state index is -0.519. The largest absolute Gasteiger partial charge is 0.337 e. The molecular formula is C12H9Cl2FN2. The van der Waals surface area contributed by atoms with Gasteiger partial charge in [-0.05, 0) is 30.7 Å². The molecule has 0 amide bonds.